The molecule has 0 heterocycles. The van der Waals surface area contributed by atoms with Crippen LogP contribution in [0.3, 0.4) is 0 Å². The van der Waals surface area contributed by atoms with Gasteiger partial charge in [0.05, 0.1) is 0 Å². The standard InChI is InChI=1S/C18H26N8O4/c1-18(2,3)30-17(29)23-15(16(27)28)12-13-4-6-14(7-5-13)26(10-8-21-24-19)11-9-22-25-20/h4-7,15H,8-12H2,1-3H3,(H,23,29)(H,27,28)/t15-/m0/s1. The van der Waals surface area contributed by atoms with E-state index < -0.39 is 23.7 Å². The van der Waals surface area contributed by atoms with Crippen LogP contribution in [0.2, 0.25) is 0 Å². The van der Waals surface area contributed by atoms with Gasteiger partial charge in [-0.25, -0.2) is 9.59 Å². The highest BCUT2D eigenvalue weighted by molar-refractivity contribution is 5.80. The lowest BCUT2D eigenvalue weighted by Crippen LogP contribution is -2.44. The fourth-order valence-corrected chi connectivity index (χ4v) is 2.52. The van der Waals surface area contributed by atoms with Crippen LogP contribution in [-0.2, 0) is 16.0 Å². The van der Waals surface area contributed by atoms with Crippen molar-refractivity contribution in [2.45, 2.75) is 38.8 Å². The summed E-state index contributed by atoms with van der Waals surface area (Å²) in [4.78, 5) is 30.7. The van der Waals surface area contributed by atoms with Crippen LogP contribution in [0.1, 0.15) is 26.3 Å². The van der Waals surface area contributed by atoms with Crippen molar-refractivity contribution >= 4 is 17.7 Å². The first-order valence-corrected chi connectivity index (χ1v) is 9.24. The molecule has 0 aromatic heterocycles. The van der Waals surface area contributed by atoms with Crippen molar-refractivity contribution in [3.63, 3.8) is 0 Å². The zero-order chi connectivity index (χ0) is 22.6. The summed E-state index contributed by atoms with van der Waals surface area (Å²) in [5.41, 5.74) is 17.6. The summed E-state index contributed by atoms with van der Waals surface area (Å²) >= 11 is 0. The minimum atomic E-state index is -1.17. The molecule has 0 bridgehead atoms. The number of aliphatic carboxylic acids is 1. The number of azide groups is 2. The lowest BCUT2D eigenvalue weighted by Gasteiger charge is -2.24. The molecule has 2 N–H and O–H groups in total. The highest BCUT2D eigenvalue weighted by Gasteiger charge is 2.24. The first kappa shape index (κ1) is 24.4. The molecule has 1 atom stereocenters. The van der Waals surface area contributed by atoms with Gasteiger partial charge in [-0.15, -0.1) is 0 Å². The maximum absolute atomic E-state index is 11.9. The number of carboxylic acids is 1. The number of carbonyl (C=O) groups is 2. The van der Waals surface area contributed by atoms with Crippen molar-refractivity contribution in [2.75, 3.05) is 31.1 Å². The van der Waals surface area contributed by atoms with Gasteiger partial charge in [0.15, 0.2) is 0 Å². The van der Waals surface area contributed by atoms with E-state index in [9.17, 15) is 14.7 Å². The fourth-order valence-electron chi connectivity index (χ4n) is 2.52. The first-order valence-electron chi connectivity index (χ1n) is 9.24. The predicted molar refractivity (Wildman–Crippen MR) is 111 cm³/mol. The molecule has 0 radical (unpaired) electrons. The number of ether oxygens (including phenoxy) is 1. The van der Waals surface area contributed by atoms with Crippen LogP contribution in [0.4, 0.5) is 10.5 Å². The average Bonchev–Trinajstić information content (AvgIpc) is 2.65. The second kappa shape index (κ2) is 12.1. The van der Waals surface area contributed by atoms with Gasteiger partial charge in [-0.2, -0.15) is 0 Å². The number of alkyl carbamates (subject to hydrolysis) is 1. The summed E-state index contributed by atoms with van der Waals surface area (Å²) < 4.78 is 5.11. The quantitative estimate of drug-likeness (QED) is 0.316. The summed E-state index contributed by atoms with van der Waals surface area (Å²) in [7, 11) is 0. The molecule has 0 saturated carbocycles. The van der Waals surface area contributed by atoms with Gasteiger partial charge in [-0.3, -0.25) is 0 Å². The van der Waals surface area contributed by atoms with E-state index in [2.05, 4.69) is 25.4 Å². The van der Waals surface area contributed by atoms with Crippen molar-refractivity contribution < 1.29 is 19.4 Å². The van der Waals surface area contributed by atoms with Crippen molar-refractivity contribution in [3.05, 3.63) is 50.7 Å². The Morgan fingerprint density at radius 1 is 1.13 bits per heavy atom. The third-order valence-electron chi connectivity index (χ3n) is 3.80. The molecule has 12 nitrogen and oxygen atoms in total. The Balaban J connectivity index is 2.84. The second-order valence-electron chi connectivity index (χ2n) is 7.30. The summed E-state index contributed by atoms with van der Waals surface area (Å²) in [5.74, 6) is -1.17. The fraction of sp³-hybridized carbons (Fsp3) is 0.556. The number of amides is 1. The predicted octanol–water partition coefficient (Wildman–Crippen LogP) is 3.63. The second-order valence-corrected chi connectivity index (χ2v) is 7.30. The van der Waals surface area contributed by atoms with Crippen molar-refractivity contribution in [2.24, 2.45) is 10.2 Å². The molecule has 1 aromatic rings. The number of nitrogens with zero attached hydrogens (tertiary/aromatic N) is 7. The molecular weight excluding hydrogens is 392 g/mol. The number of carboxylic acid groups (broad SMARTS) is 1. The average molecular weight is 418 g/mol. The molecule has 0 spiro atoms. The lowest BCUT2D eigenvalue weighted by molar-refractivity contribution is -0.139. The Bertz CT molecular complexity index is 786. The minimum Gasteiger partial charge on any atom is -0.480 e. The molecule has 1 amide bonds. The zero-order valence-electron chi connectivity index (χ0n) is 17.2. The van der Waals surface area contributed by atoms with Crippen LogP contribution in [0.5, 0.6) is 0 Å². The van der Waals surface area contributed by atoms with Gasteiger partial charge in [0.2, 0.25) is 0 Å². The molecular formula is C18H26N8O4. The van der Waals surface area contributed by atoms with E-state index in [-0.39, 0.29) is 19.5 Å². The Hall–Kier alpha value is -3.62. The van der Waals surface area contributed by atoms with E-state index in [1.54, 1.807) is 45.0 Å². The molecule has 0 saturated heterocycles. The third-order valence-corrected chi connectivity index (χ3v) is 3.80. The van der Waals surface area contributed by atoms with Crippen molar-refractivity contribution in [1.82, 2.24) is 5.32 Å². The monoisotopic (exact) mass is 418 g/mol. The molecule has 30 heavy (non-hydrogen) atoms. The first-order chi connectivity index (χ1) is 14.2. The van der Waals surface area contributed by atoms with E-state index in [4.69, 9.17) is 15.8 Å². The number of hydrogen-bond donors (Lipinski definition) is 2. The van der Waals surface area contributed by atoms with E-state index >= 15 is 0 Å². The molecule has 0 aliphatic carbocycles. The van der Waals surface area contributed by atoms with Gasteiger partial charge < -0.3 is 20.1 Å². The number of anilines is 1. The van der Waals surface area contributed by atoms with Gasteiger partial charge in [-0.05, 0) is 49.5 Å². The van der Waals surface area contributed by atoms with Gasteiger partial charge in [0, 0.05) is 48.1 Å². The number of benzene rings is 1. The third kappa shape index (κ3) is 9.54. The Morgan fingerprint density at radius 3 is 2.10 bits per heavy atom. The molecule has 0 aliphatic heterocycles. The molecule has 1 rings (SSSR count). The van der Waals surface area contributed by atoms with E-state index in [0.717, 1.165) is 5.69 Å². The molecule has 162 valence electrons. The lowest BCUT2D eigenvalue weighted by atomic mass is 10.1. The Labute approximate surface area is 174 Å². The van der Waals surface area contributed by atoms with E-state index in [1.807, 2.05) is 4.90 Å². The Morgan fingerprint density at radius 2 is 1.67 bits per heavy atom. The summed E-state index contributed by atoms with van der Waals surface area (Å²) in [6.07, 6.45) is -0.722. The largest absolute Gasteiger partial charge is 0.480 e. The summed E-state index contributed by atoms with van der Waals surface area (Å²) in [6.45, 7) is 6.43. The van der Waals surface area contributed by atoms with Gasteiger partial charge in [0.1, 0.15) is 11.6 Å². The maximum atomic E-state index is 11.9. The van der Waals surface area contributed by atoms with Gasteiger partial charge in [-0.1, -0.05) is 22.4 Å². The van der Waals surface area contributed by atoms with Gasteiger partial charge in [0.25, 0.3) is 0 Å². The number of rotatable bonds is 11. The molecule has 0 aliphatic rings. The molecule has 0 unspecified atom stereocenters. The van der Waals surface area contributed by atoms with Crippen LogP contribution in [-0.4, -0.2) is 55.0 Å². The minimum absolute atomic E-state index is 0.0757. The number of hydrogen-bond acceptors (Lipinski definition) is 6. The maximum Gasteiger partial charge on any atom is 0.408 e. The highest BCUT2D eigenvalue weighted by atomic mass is 16.6. The molecule has 12 heteroatoms. The molecule has 1 aromatic carbocycles. The number of nitrogens with one attached hydrogen (secondary N) is 1. The normalized spacial score (nSPS) is 11.4. The zero-order valence-corrected chi connectivity index (χ0v) is 17.2. The summed E-state index contributed by atoms with van der Waals surface area (Å²) in [5, 5.41) is 18.8. The van der Waals surface area contributed by atoms with Crippen LogP contribution in [0, 0.1) is 0 Å². The van der Waals surface area contributed by atoms with Crippen LogP contribution >= 0.6 is 0 Å². The van der Waals surface area contributed by atoms with Gasteiger partial charge >= 0.3 is 12.1 Å². The summed E-state index contributed by atoms with van der Waals surface area (Å²) in [6, 6.07) is 5.92. The molecule has 0 fully saturated rings. The van der Waals surface area contributed by atoms with E-state index in [1.165, 1.54) is 0 Å². The topological polar surface area (TPSA) is 176 Å². The number of carbonyl (C=O) groups excluding carboxylic acids is 1. The highest BCUT2D eigenvalue weighted by Crippen LogP contribution is 2.17. The Kier molecular flexibility index (Phi) is 9.81. The SMILES string of the molecule is CC(C)(C)OC(=O)N[C@@H](Cc1ccc(N(CCN=[N+]=[N-])CCN=[N+]=[N-])cc1)C(=O)O. The van der Waals surface area contributed by atoms with Crippen LogP contribution < -0.4 is 10.2 Å². The van der Waals surface area contributed by atoms with Crippen LogP contribution in [0.15, 0.2) is 34.5 Å². The van der Waals surface area contributed by atoms with Crippen molar-refractivity contribution in [1.29, 1.82) is 0 Å². The van der Waals surface area contributed by atoms with E-state index in [0.29, 0.717) is 18.7 Å². The smallest absolute Gasteiger partial charge is 0.408 e. The van der Waals surface area contributed by atoms with Crippen molar-refractivity contribution in [3.8, 4) is 0 Å². The van der Waals surface area contributed by atoms with Crippen LogP contribution in [0.25, 0.3) is 20.9 Å².